The second-order valence-electron chi connectivity index (χ2n) is 6.38. The van der Waals surface area contributed by atoms with E-state index in [9.17, 15) is 4.79 Å². The number of rotatable bonds is 6. The Morgan fingerprint density at radius 1 is 1.19 bits per heavy atom. The topological polar surface area (TPSA) is 56.8 Å². The smallest absolute Gasteiger partial charge is 0.496 e. The summed E-state index contributed by atoms with van der Waals surface area (Å²) >= 11 is 0. The molecule has 0 aromatic heterocycles. The molecule has 1 aliphatic carbocycles. The number of fused-ring (bicyclic) bond motifs is 1. The molecular formula is C21H25NO4. The number of carbonyl (C=O) groups excluding carboxylic acids is 1. The molecule has 5 nitrogen and oxygen atoms in total. The Morgan fingerprint density at radius 3 is 2.85 bits per heavy atom. The first kappa shape index (κ1) is 18.3. The summed E-state index contributed by atoms with van der Waals surface area (Å²) in [6, 6.07) is 14.3. The van der Waals surface area contributed by atoms with Crippen LogP contribution < -0.4 is 14.8 Å². The van der Waals surface area contributed by atoms with Crippen LogP contribution in [0.5, 0.6) is 11.5 Å². The van der Waals surface area contributed by atoms with Crippen LogP contribution >= 0.6 is 0 Å². The van der Waals surface area contributed by atoms with Crippen molar-refractivity contribution in [2.75, 3.05) is 20.8 Å². The molecule has 0 saturated heterocycles. The summed E-state index contributed by atoms with van der Waals surface area (Å²) in [5, 5.41) is 3.66. The van der Waals surface area contributed by atoms with Crippen LogP contribution in [0.4, 0.5) is 4.79 Å². The molecule has 0 radical (unpaired) electrons. The molecule has 0 fully saturated rings. The van der Waals surface area contributed by atoms with E-state index in [0.29, 0.717) is 11.8 Å². The van der Waals surface area contributed by atoms with Gasteiger partial charge in [0, 0.05) is 6.04 Å². The first-order chi connectivity index (χ1) is 12.7. The maximum absolute atomic E-state index is 11.3. The van der Waals surface area contributed by atoms with E-state index in [4.69, 9.17) is 9.47 Å². The highest BCUT2D eigenvalue weighted by Crippen LogP contribution is 2.32. The number of methoxy groups -OCH3 is 2. The molecule has 0 aliphatic heterocycles. The Labute approximate surface area is 154 Å². The Bertz CT molecular complexity index is 759. The van der Waals surface area contributed by atoms with Crippen LogP contribution in [0.2, 0.25) is 0 Å². The van der Waals surface area contributed by atoms with Gasteiger partial charge in [-0.1, -0.05) is 24.3 Å². The SMILES string of the molecule is COC(=O)Oc1ccc2c(c1)CCCC2NCCc1ccccc1OC. The van der Waals surface area contributed by atoms with Gasteiger partial charge < -0.3 is 19.5 Å². The highest BCUT2D eigenvalue weighted by atomic mass is 16.7. The van der Waals surface area contributed by atoms with Crippen LogP contribution in [-0.2, 0) is 17.6 Å². The van der Waals surface area contributed by atoms with E-state index in [-0.39, 0.29) is 0 Å². The average Bonchev–Trinajstić information content (AvgIpc) is 2.68. The van der Waals surface area contributed by atoms with Crippen LogP contribution in [0.1, 0.15) is 35.6 Å². The second-order valence-corrected chi connectivity index (χ2v) is 6.38. The summed E-state index contributed by atoms with van der Waals surface area (Å²) in [7, 11) is 3.01. The Morgan fingerprint density at radius 2 is 2.04 bits per heavy atom. The van der Waals surface area contributed by atoms with Crippen molar-refractivity contribution in [1.29, 1.82) is 0 Å². The maximum atomic E-state index is 11.3. The van der Waals surface area contributed by atoms with Gasteiger partial charge in [-0.3, -0.25) is 0 Å². The van der Waals surface area contributed by atoms with Crippen molar-refractivity contribution in [1.82, 2.24) is 5.32 Å². The van der Waals surface area contributed by atoms with E-state index in [1.54, 1.807) is 7.11 Å². The summed E-state index contributed by atoms with van der Waals surface area (Å²) < 4.78 is 15.1. The number of benzene rings is 2. The van der Waals surface area contributed by atoms with Gasteiger partial charge in [0.05, 0.1) is 14.2 Å². The average molecular weight is 355 g/mol. The molecule has 3 rings (SSSR count). The van der Waals surface area contributed by atoms with Gasteiger partial charge in [0.2, 0.25) is 0 Å². The maximum Gasteiger partial charge on any atom is 0.513 e. The number of aryl methyl sites for hydroxylation is 1. The third-order valence-corrected chi connectivity index (χ3v) is 4.77. The molecule has 0 saturated carbocycles. The fraction of sp³-hybridized carbons (Fsp3) is 0.381. The number of carbonyl (C=O) groups is 1. The molecule has 0 spiro atoms. The molecule has 0 amide bonds. The van der Waals surface area contributed by atoms with E-state index >= 15 is 0 Å². The summed E-state index contributed by atoms with van der Waals surface area (Å²) in [4.78, 5) is 11.3. The first-order valence-corrected chi connectivity index (χ1v) is 8.95. The molecule has 138 valence electrons. The van der Waals surface area contributed by atoms with Crippen molar-refractivity contribution >= 4 is 6.16 Å². The van der Waals surface area contributed by atoms with Gasteiger partial charge >= 0.3 is 6.16 Å². The second kappa shape index (κ2) is 8.72. The number of nitrogens with one attached hydrogen (secondary N) is 1. The number of hydrogen-bond acceptors (Lipinski definition) is 5. The van der Waals surface area contributed by atoms with Crippen LogP contribution in [0.3, 0.4) is 0 Å². The van der Waals surface area contributed by atoms with Crippen molar-refractivity contribution in [3.05, 3.63) is 59.2 Å². The lowest BCUT2D eigenvalue weighted by Gasteiger charge is -2.27. The normalized spacial score (nSPS) is 15.8. The minimum atomic E-state index is -0.688. The largest absolute Gasteiger partial charge is 0.513 e. The first-order valence-electron chi connectivity index (χ1n) is 8.95. The van der Waals surface area contributed by atoms with Gasteiger partial charge in [0.1, 0.15) is 11.5 Å². The molecule has 26 heavy (non-hydrogen) atoms. The van der Waals surface area contributed by atoms with Gasteiger partial charge in [0.15, 0.2) is 0 Å². The predicted octanol–water partition coefficient (Wildman–Crippen LogP) is 4.05. The van der Waals surface area contributed by atoms with Crippen molar-refractivity contribution in [2.24, 2.45) is 0 Å². The lowest BCUT2D eigenvalue weighted by molar-refractivity contribution is 0.121. The zero-order valence-corrected chi connectivity index (χ0v) is 15.3. The van der Waals surface area contributed by atoms with Crippen molar-refractivity contribution in [3.8, 4) is 11.5 Å². The minimum absolute atomic E-state index is 0.320. The lowest BCUT2D eigenvalue weighted by Crippen LogP contribution is -2.27. The van der Waals surface area contributed by atoms with Crippen LogP contribution in [0, 0.1) is 0 Å². The molecular weight excluding hydrogens is 330 g/mol. The summed E-state index contributed by atoms with van der Waals surface area (Å²) in [5.41, 5.74) is 3.72. The molecule has 0 heterocycles. The fourth-order valence-electron chi connectivity index (χ4n) is 3.49. The molecule has 1 unspecified atom stereocenters. The molecule has 5 heteroatoms. The quantitative estimate of drug-likeness (QED) is 0.626. The standard InChI is InChI=1S/C21H25NO4/c1-24-20-9-4-3-6-15(20)12-13-22-19-8-5-7-16-14-17(10-11-18(16)19)26-21(23)25-2/h3-4,6,9-11,14,19,22H,5,7-8,12-13H2,1-2H3. The van der Waals surface area contributed by atoms with Gasteiger partial charge in [-0.2, -0.15) is 0 Å². The summed E-state index contributed by atoms with van der Waals surface area (Å²) in [6.45, 7) is 0.880. The van der Waals surface area contributed by atoms with Crippen molar-refractivity contribution < 1.29 is 19.0 Å². The Kier molecular flexibility index (Phi) is 6.12. The zero-order chi connectivity index (χ0) is 18.4. The Balaban J connectivity index is 1.63. The van der Waals surface area contributed by atoms with Gasteiger partial charge in [-0.15, -0.1) is 0 Å². The molecule has 2 aromatic carbocycles. The summed E-state index contributed by atoms with van der Waals surface area (Å²) in [6.07, 6.45) is 3.45. The van der Waals surface area contributed by atoms with E-state index in [2.05, 4.69) is 16.1 Å². The lowest BCUT2D eigenvalue weighted by atomic mass is 9.87. The van der Waals surface area contributed by atoms with E-state index in [1.165, 1.54) is 23.8 Å². The van der Waals surface area contributed by atoms with Crippen LogP contribution in [0.15, 0.2) is 42.5 Å². The fourth-order valence-corrected chi connectivity index (χ4v) is 3.49. The number of para-hydroxylation sites is 1. The zero-order valence-electron chi connectivity index (χ0n) is 15.3. The van der Waals surface area contributed by atoms with E-state index < -0.39 is 6.16 Å². The van der Waals surface area contributed by atoms with Crippen molar-refractivity contribution in [2.45, 2.75) is 31.7 Å². The van der Waals surface area contributed by atoms with Gasteiger partial charge in [-0.25, -0.2) is 4.79 Å². The van der Waals surface area contributed by atoms with Crippen LogP contribution in [-0.4, -0.2) is 26.9 Å². The monoisotopic (exact) mass is 355 g/mol. The minimum Gasteiger partial charge on any atom is -0.496 e. The van der Waals surface area contributed by atoms with E-state index in [1.807, 2.05) is 36.4 Å². The van der Waals surface area contributed by atoms with Gasteiger partial charge in [0.25, 0.3) is 0 Å². The molecule has 1 atom stereocenters. The van der Waals surface area contributed by atoms with Crippen LogP contribution in [0.25, 0.3) is 0 Å². The summed E-state index contributed by atoms with van der Waals surface area (Å²) in [5.74, 6) is 1.47. The molecule has 2 aromatic rings. The molecule has 1 N–H and O–H groups in total. The third kappa shape index (κ3) is 4.35. The number of ether oxygens (including phenoxy) is 3. The Hall–Kier alpha value is -2.53. The highest BCUT2D eigenvalue weighted by Gasteiger charge is 2.20. The van der Waals surface area contributed by atoms with Crippen molar-refractivity contribution in [3.63, 3.8) is 0 Å². The molecule has 0 bridgehead atoms. The third-order valence-electron chi connectivity index (χ3n) is 4.77. The van der Waals surface area contributed by atoms with Gasteiger partial charge in [-0.05, 0) is 67.1 Å². The van der Waals surface area contributed by atoms with E-state index in [0.717, 1.165) is 38.0 Å². The molecule has 1 aliphatic rings. The highest BCUT2D eigenvalue weighted by molar-refractivity contribution is 5.63. The number of hydrogen-bond donors (Lipinski definition) is 1. The predicted molar refractivity (Wildman–Crippen MR) is 99.9 cm³/mol.